The molecule has 4 nitrogen and oxygen atoms in total. The number of hydrogen-bond donors (Lipinski definition) is 1. The number of thiophene rings is 1. The maximum absolute atomic E-state index is 10.7. The first kappa shape index (κ1) is 11.3. The van der Waals surface area contributed by atoms with E-state index in [0.717, 1.165) is 0 Å². The Balaban J connectivity index is 2.71. The van der Waals surface area contributed by atoms with E-state index in [0.29, 0.717) is 10.4 Å². The van der Waals surface area contributed by atoms with E-state index in [-0.39, 0.29) is 6.42 Å². The van der Waals surface area contributed by atoms with Gasteiger partial charge in [-0.15, -0.1) is 11.3 Å². The predicted molar refractivity (Wildman–Crippen MR) is 54.6 cm³/mol. The first-order chi connectivity index (χ1) is 7.11. The number of rotatable bonds is 2. The van der Waals surface area contributed by atoms with Crippen molar-refractivity contribution < 1.29 is 19.4 Å². The quantitative estimate of drug-likeness (QED) is 0.598. The summed E-state index contributed by atoms with van der Waals surface area (Å²) in [5.41, 5.74) is 0.627. The highest BCUT2D eigenvalue weighted by Gasteiger charge is 2.03. The van der Waals surface area contributed by atoms with Crippen molar-refractivity contribution in [1.82, 2.24) is 0 Å². The van der Waals surface area contributed by atoms with Gasteiger partial charge >= 0.3 is 11.9 Å². The van der Waals surface area contributed by atoms with Gasteiger partial charge < -0.3 is 9.84 Å². The van der Waals surface area contributed by atoms with E-state index in [2.05, 4.69) is 16.6 Å². The van der Waals surface area contributed by atoms with Gasteiger partial charge in [-0.1, -0.05) is 5.92 Å². The van der Waals surface area contributed by atoms with Crippen LogP contribution in [0.1, 0.15) is 10.4 Å². The number of esters is 1. The van der Waals surface area contributed by atoms with E-state index in [9.17, 15) is 9.59 Å². The Hall–Kier alpha value is -1.80. The van der Waals surface area contributed by atoms with Gasteiger partial charge in [0.1, 0.15) is 0 Å². The topological polar surface area (TPSA) is 63.6 Å². The molecular weight excluding hydrogens is 216 g/mol. The summed E-state index contributed by atoms with van der Waals surface area (Å²) in [5.74, 6) is 3.35. The Bertz CT molecular complexity index is 436. The number of aliphatic carboxylic acids is 1. The molecule has 15 heavy (non-hydrogen) atoms. The van der Waals surface area contributed by atoms with Crippen LogP contribution >= 0.6 is 11.3 Å². The standard InChI is InChI=1S/C10H8O4S/c1-14-10(13)3-2-7-4-8(15-6-7)5-9(11)12/h4,6H,5H2,1H3,(H,11,12). The molecule has 0 bridgehead atoms. The van der Waals surface area contributed by atoms with Crippen LogP contribution in [0.25, 0.3) is 0 Å². The second-order valence-electron chi connectivity index (χ2n) is 2.61. The first-order valence-corrected chi connectivity index (χ1v) is 4.89. The summed E-state index contributed by atoms with van der Waals surface area (Å²) >= 11 is 1.30. The van der Waals surface area contributed by atoms with Gasteiger partial charge in [0.25, 0.3) is 0 Å². The van der Waals surface area contributed by atoms with Crippen molar-refractivity contribution in [3.05, 3.63) is 21.9 Å². The van der Waals surface area contributed by atoms with Gasteiger partial charge in [0.2, 0.25) is 0 Å². The second-order valence-corrected chi connectivity index (χ2v) is 3.61. The van der Waals surface area contributed by atoms with Gasteiger partial charge in [-0.3, -0.25) is 4.79 Å². The van der Waals surface area contributed by atoms with Crippen LogP contribution in [0.4, 0.5) is 0 Å². The fourth-order valence-electron chi connectivity index (χ4n) is 0.862. The average molecular weight is 224 g/mol. The fraction of sp³-hybridized carbons (Fsp3) is 0.200. The van der Waals surface area contributed by atoms with Gasteiger partial charge in [0.05, 0.1) is 13.5 Å². The maximum Gasteiger partial charge on any atom is 0.384 e. The number of carbonyl (C=O) groups is 2. The van der Waals surface area contributed by atoms with Gasteiger partial charge in [-0.2, -0.15) is 0 Å². The molecule has 0 aromatic carbocycles. The van der Waals surface area contributed by atoms with Gasteiger partial charge in [0.15, 0.2) is 0 Å². The third-order valence-corrected chi connectivity index (χ3v) is 2.41. The lowest BCUT2D eigenvalue weighted by molar-refractivity contribution is -0.136. The lowest BCUT2D eigenvalue weighted by atomic mass is 10.3. The minimum atomic E-state index is -0.885. The van der Waals surface area contributed by atoms with Crippen LogP contribution in [-0.4, -0.2) is 24.2 Å². The zero-order valence-electron chi connectivity index (χ0n) is 7.94. The van der Waals surface area contributed by atoms with Crippen molar-refractivity contribution in [2.45, 2.75) is 6.42 Å². The zero-order chi connectivity index (χ0) is 11.3. The number of carbonyl (C=O) groups excluding carboxylic acids is 1. The summed E-state index contributed by atoms with van der Waals surface area (Å²) in [7, 11) is 1.25. The Morgan fingerprint density at radius 2 is 2.33 bits per heavy atom. The van der Waals surface area contributed by atoms with Crippen molar-refractivity contribution >= 4 is 23.3 Å². The molecule has 78 valence electrons. The van der Waals surface area contributed by atoms with Crippen LogP contribution in [-0.2, 0) is 20.7 Å². The molecule has 0 unspecified atom stereocenters. The zero-order valence-corrected chi connectivity index (χ0v) is 8.76. The number of ether oxygens (including phenoxy) is 1. The van der Waals surface area contributed by atoms with Crippen molar-refractivity contribution in [3.63, 3.8) is 0 Å². The maximum atomic E-state index is 10.7. The van der Waals surface area contributed by atoms with Crippen molar-refractivity contribution in [2.24, 2.45) is 0 Å². The number of carboxylic acids is 1. The summed E-state index contributed by atoms with van der Waals surface area (Å²) in [6.07, 6.45) is -0.0232. The summed E-state index contributed by atoms with van der Waals surface area (Å²) in [5, 5.41) is 10.2. The van der Waals surface area contributed by atoms with Crippen LogP contribution in [0.2, 0.25) is 0 Å². The average Bonchev–Trinajstić information content (AvgIpc) is 2.61. The van der Waals surface area contributed by atoms with Crippen LogP contribution < -0.4 is 0 Å². The molecule has 0 atom stereocenters. The molecule has 0 radical (unpaired) electrons. The number of methoxy groups -OCH3 is 1. The first-order valence-electron chi connectivity index (χ1n) is 4.01. The highest BCUT2D eigenvalue weighted by Crippen LogP contribution is 2.14. The van der Waals surface area contributed by atoms with E-state index in [4.69, 9.17) is 5.11 Å². The second kappa shape index (κ2) is 5.17. The fourth-order valence-corrected chi connectivity index (χ4v) is 1.67. The minimum absolute atomic E-state index is 0.0232. The van der Waals surface area contributed by atoms with Crippen molar-refractivity contribution in [3.8, 4) is 11.8 Å². The number of hydrogen-bond acceptors (Lipinski definition) is 4. The third kappa shape index (κ3) is 3.83. The lowest BCUT2D eigenvalue weighted by Crippen LogP contribution is -1.97. The highest BCUT2D eigenvalue weighted by molar-refractivity contribution is 7.10. The van der Waals surface area contributed by atoms with E-state index >= 15 is 0 Å². The van der Waals surface area contributed by atoms with Gasteiger partial charge in [0, 0.05) is 21.7 Å². The summed E-state index contributed by atoms with van der Waals surface area (Å²) in [6.45, 7) is 0. The minimum Gasteiger partial charge on any atom is -0.481 e. The largest absolute Gasteiger partial charge is 0.481 e. The van der Waals surface area contributed by atoms with Gasteiger partial charge in [-0.25, -0.2) is 4.79 Å². The molecule has 0 amide bonds. The Morgan fingerprint density at radius 1 is 1.60 bits per heavy atom. The van der Waals surface area contributed by atoms with Crippen LogP contribution in [0.5, 0.6) is 0 Å². The van der Waals surface area contributed by atoms with Crippen LogP contribution in [0, 0.1) is 11.8 Å². The smallest absolute Gasteiger partial charge is 0.384 e. The molecule has 0 aliphatic rings. The summed E-state index contributed by atoms with van der Waals surface area (Å²) in [4.78, 5) is 21.8. The summed E-state index contributed by atoms with van der Waals surface area (Å²) in [6, 6.07) is 1.65. The molecule has 1 aromatic rings. The summed E-state index contributed by atoms with van der Waals surface area (Å²) < 4.78 is 4.34. The molecule has 0 saturated carbocycles. The van der Waals surface area contributed by atoms with Crippen molar-refractivity contribution in [1.29, 1.82) is 0 Å². The van der Waals surface area contributed by atoms with E-state index < -0.39 is 11.9 Å². The Morgan fingerprint density at radius 3 is 2.93 bits per heavy atom. The molecule has 0 spiro atoms. The molecular formula is C10H8O4S. The number of carboxylic acid groups (broad SMARTS) is 1. The molecule has 0 fully saturated rings. The lowest BCUT2D eigenvalue weighted by Gasteiger charge is -1.86. The molecule has 5 heteroatoms. The highest BCUT2D eigenvalue weighted by atomic mass is 32.1. The third-order valence-electron chi connectivity index (χ3n) is 1.47. The molecule has 1 aromatic heterocycles. The SMILES string of the molecule is COC(=O)C#Cc1csc(CC(=O)O)c1. The van der Waals surface area contributed by atoms with Crippen LogP contribution in [0.3, 0.4) is 0 Å². The molecule has 1 heterocycles. The van der Waals surface area contributed by atoms with E-state index in [1.807, 2.05) is 0 Å². The monoisotopic (exact) mass is 224 g/mol. The van der Waals surface area contributed by atoms with Crippen molar-refractivity contribution in [2.75, 3.05) is 7.11 Å². The van der Waals surface area contributed by atoms with Crippen LogP contribution in [0.15, 0.2) is 11.4 Å². The Kier molecular flexibility index (Phi) is 3.89. The van der Waals surface area contributed by atoms with Gasteiger partial charge in [-0.05, 0) is 6.07 Å². The van der Waals surface area contributed by atoms with E-state index in [1.54, 1.807) is 11.4 Å². The Labute approximate surface area is 90.5 Å². The molecule has 0 aliphatic carbocycles. The normalized spacial score (nSPS) is 8.87. The molecule has 0 saturated heterocycles. The molecule has 1 N–H and O–H groups in total. The predicted octanol–water partition coefficient (Wildman–Crippen LogP) is 0.900. The van der Waals surface area contributed by atoms with E-state index in [1.165, 1.54) is 18.4 Å². The molecule has 0 aliphatic heterocycles. The molecule has 1 rings (SSSR count).